The van der Waals surface area contributed by atoms with Gasteiger partial charge >= 0.3 is 6.18 Å². The van der Waals surface area contributed by atoms with Crippen LogP contribution >= 0.6 is 22.6 Å². The molecule has 0 unspecified atom stereocenters. The van der Waals surface area contributed by atoms with Crippen LogP contribution < -0.4 is 16.6 Å². The van der Waals surface area contributed by atoms with Gasteiger partial charge < -0.3 is 10.7 Å². The van der Waals surface area contributed by atoms with Crippen LogP contribution in [-0.4, -0.2) is 4.98 Å². The first kappa shape index (κ1) is 14.9. The highest BCUT2D eigenvalue weighted by Crippen LogP contribution is 2.32. The number of rotatable bonds is 3. The molecular weight excluding hydrogens is 384 g/mol. The van der Waals surface area contributed by atoms with Gasteiger partial charge in [-0.15, -0.1) is 0 Å². The van der Waals surface area contributed by atoms with Crippen LogP contribution in [-0.2, 0) is 6.18 Å². The Morgan fingerprint density at radius 1 is 1.10 bits per heavy atom. The van der Waals surface area contributed by atoms with Gasteiger partial charge in [-0.2, -0.15) is 13.2 Å². The predicted molar refractivity (Wildman–Crippen MR) is 79.5 cm³/mol. The molecule has 0 aliphatic rings. The molecule has 0 radical (unpaired) electrons. The number of nitrogens with two attached hydrogens (primary N) is 1. The van der Waals surface area contributed by atoms with E-state index in [-0.39, 0.29) is 11.6 Å². The van der Waals surface area contributed by atoms with E-state index >= 15 is 0 Å². The Labute approximate surface area is 126 Å². The average Bonchev–Trinajstić information content (AvgIpc) is 2.37. The fraction of sp³-hybridized carbons (Fsp3) is 0.0833. The summed E-state index contributed by atoms with van der Waals surface area (Å²) in [5.74, 6) is 5.14. The van der Waals surface area contributed by atoms with Gasteiger partial charge in [-0.25, -0.2) is 10.8 Å². The first-order valence-electron chi connectivity index (χ1n) is 5.47. The number of anilines is 3. The topological polar surface area (TPSA) is 63.0 Å². The number of alkyl halides is 3. The monoisotopic (exact) mass is 394 g/mol. The summed E-state index contributed by atoms with van der Waals surface area (Å²) in [5.41, 5.74) is 1.94. The van der Waals surface area contributed by atoms with E-state index in [0.717, 1.165) is 15.7 Å². The maximum absolute atomic E-state index is 12.8. The van der Waals surface area contributed by atoms with E-state index in [9.17, 15) is 13.2 Å². The second-order valence-electron chi connectivity index (χ2n) is 3.90. The summed E-state index contributed by atoms with van der Waals surface area (Å²) in [6.07, 6.45) is -4.46. The Morgan fingerprint density at radius 2 is 1.80 bits per heavy atom. The van der Waals surface area contributed by atoms with Crippen LogP contribution in [0.15, 0.2) is 36.4 Å². The Hall–Kier alpha value is -1.55. The zero-order valence-corrected chi connectivity index (χ0v) is 12.2. The highest BCUT2D eigenvalue weighted by atomic mass is 127. The van der Waals surface area contributed by atoms with Crippen molar-refractivity contribution in [2.75, 3.05) is 10.7 Å². The van der Waals surface area contributed by atoms with Crippen molar-refractivity contribution in [2.45, 2.75) is 6.18 Å². The molecule has 1 aromatic carbocycles. The third-order valence-corrected chi connectivity index (χ3v) is 3.07. The Kier molecular flexibility index (Phi) is 4.33. The minimum Gasteiger partial charge on any atom is -0.340 e. The number of aromatic nitrogens is 1. The molecule has 2 rings (SSSR count). The minimum absolute atomic E-state index is 0.0621. The number of nitrogens with one attached hydrogen (secondary N) is 2. The molecule has 1 aromatic heterocycles. The quantitative estimate of drug-likeness (QED) is 0.422. The molecule has 0 saturated carbocycles. The van der Waals surface area contributed by atoms with Crippen molar-refractivity contribution in [1.82, 2.24) is 4.98 Å². The van der Waals surface area contributed by atoms with Gasteiger partial charge in [0, 0.05) is 9.26 Å². The van der Waals surface area contributed by atoms with Gasteiger partial charge in [-0.3, -0.25) is 0 Å². The predicted octanol–water partition coefficient (Wildman–Crippen LogP) is 3.73. The lowest BCUT2D eigenvalue weighted by atomic mass is 10.2. The Morgan fingerprint density at radius 3 is 2.40 bits per heavy atom. The third kappa shape index (κ3) is 3.73. The fourth-order valence-corrected chi connectivity index (χ4v) is 2.09. The number of halogens is 4. The van der Waals surface area contributed by atoms with Crippen LogP contribution in [0.1, 0.15) is 5.56 Å². The summed E-state index contributed by atoms with van der Waals surface area (Å²) in [5, 5.41) is 2.82. The first-order chi connectivity index (χ1) is 9.38. The van der Waals surface area contributed by atoms with Crippen LogP contribution in [0.5, 0.6) is 0 Å². The first-order valence-corrected chi connectivity index (χ1v) is 6.55. The van der Waals surface area contributed by atoms with Crippen LogP contribution in [0, 0.1) is 3.57 Å². The lowest BCUT2D eigenvalue weighted by Crippen LogP contribution is -2.13. The van der Waals surface area contributed by atoms with Crippen molar-refractivity contribution in [3.8, 4) is 0 Å². The Balaban J connectivity index is 2.36. The van der Waals surface area contributed by atoms with E-state index in [4.69, 9.17) is 5.84 Å². The second kappa shape index (κ2) is 5.83. The number of benzene rings is 1. The molecule has 0 spiro atoms. The molecule has 106 valence electrons. The number of pyridine rings is 1. The number of nitrogens with zero attached hydrogens (tertiary/aromatic N) is 1. The van der Waals surface area contributed by atoms with E-state index in [1.807, 2.05) is 6.07 Å². The highest BCUT2D eigenvalue weighted by Gasteiger charge is 2.31. The Bertz CT molecular complexity index is 616. The molecule has 4 nitrogen and oxygen atoms in total. The zero-order chi connectivity index (χ0) is 14.8. The van der Waals surface area contributed by atoms with Gasteiger partial charge in [0.1, 0.15) is 11.6 Å². The van der Waals surface area contributed by atoms with Crippen LogP contribution in [0.2, 0.25) is 0 Å². The van der Waals surface area contributed by atoms with Crippen LogP contribution in [0.4, 0.5) is 30.5 Å². The van der Waals surface area contributed by atoms with Crippen molar-refractivity contribution in [3.05, 3.63) is 45.5 Å². The molecule has 0 bridgehead atoms. The maximum atomic E-state index is 12.8. The van der Waals surface area contributed by atoms with Crippen molar-refractivity contribution >= 4 is 39.9 Å². The van der Waals surface area contributed by atoms with Gasteiger partial charge in [0.2, 0.25) is 0 Å². The highest BCUT2D eigenvalue weighted by molar-refractivity contribution is 14.1. The number of nitrogen functional groups attached to an aromatic ring is 1. The number of hydrogen-bond acceptors (Lipinski definition) is 4. The molecule has 0 fully saturated rings. The molecule has 0 amide bonds. The second-order valence-corrected chi connectivity index (χ2v) is 5.15. The normalized spacial score (nSPS) is 11.2. The summed E-state index contributed by atoms with van der Waals surface area (Å²) in [6, 6.07) is 8.97. The van der Waals surface area contributed by atoms with E-state index in [0.29, 0.717) is 5.69 Å². The number of hydrogen-bond donors (Lipinski definition) is 3. The molecule has 4 N–H and O–H groups in total. The van der Waals surface area contributed by atoms with Gasteiger partial charge in [-0.1, -0.05) is 6.07 Å². The summed E-state index contributed by atoms with van der Waals surface area (Å²) < 4.78 is 39.2. The largest absolute Gasteiger partial charge is 0.416 e. The van der Waals surface area contributed by atoms with Crippen LogP contribution in [0.25, 0.3) is 0 Å². The average molecular weight is 394 g/mol. The van der Waals surface area contributed by atoms with Crippen molar-refractivity contribution in [3.63, 3.8) is 0 Å². The molecule has 0 atom stereocenters. The van der Waals surface area contributed by atoms with Crippen LogP contribution in [0.3, 0.4) is 0 Å². The summed E-state index contributed by atoms with van der Waals surface area (Å²) in [4.78, 5) is 3.94. The molecule has 1 heterocycles. The van der Waals surface area contributed by atoms with Gasteiger partial charge in [0.15, 0.2) is 0 Å². The summed E-state index contributed by atoms with van der Waals surface area (Å²) >= 11 is 2.11. The van der Waals surface area contributed by atoms with Gasteiger partial charge in [0.25, 0.3) is 0 Å². The molecular formula is C12H10F3IN4. The molecule has 8 heteroatoms. The lowest BCUT2D eigenvalue weighted by molar-refractivity contribution is -0.137. The van der Waals surface area contributed by atoms with Crippen molar-refractivity contribution in [2.24, 2.45) is 5.84 Å². The fourth-order valence-electron chi connectivity index (χ4n) is 1.55. The lowest BCUT2D eigenvalue weighted by Gasteiger charge is -2.12. The number of hydrazine groups is 1. The van der Waals surface area contributed by atoms with Gasteiger partial charge in [0.05, 0.1) is 5.56 Å². The molecule has 2 aromatic rings. The van der Waals surface area contributed by atoms with E-state index in [1.54, 1.807) is 18.2 Å². The van der Waals surface area contributed by atoms with E-state index in [1.165, 1.54) is 0 Å². The summed E-state index contributed by atoms with van der Waals surface area (Å²) in [6.45, 7) is 0. The smallest absolute Gasteiger partial charge is 0.340 e. The molecule has 0 aliphatic carbocycles. The van der Waals surface area contributed by atoms with Crippen molar-refractivity contribution < 1.29 is 13.2 Å². The van der Waals surface area contributed by atoms with Crippen molar-refractivity contribution in [1.29, 1.82) is 0 Å². The van der Waals surface area contributed by atoms with Gasteiger partial charge in [-0.05, 0) is 52.9 Å². The molecule has 0 aliphatic heterocycles. The maximum Gasteiger partial charge on any atom is 0.416 e. The molecule has 20 heavy (non-hydrogen) atoms. The molecule has 0 saturated heterocycles. The standard InChI is InChI=1S/C12H10F3IN4/c13-12(14,15)7-4-10(19-11(5-7)20-17)18-9-3-1-2-8(16)6-9/h1-6H,17H2,(H2,18,19,20). The van der Waals surface area contributed by atoms with E-state index < -0.39 is 11.7 Å². The zero-order valence-electron chi connectivity index (χ0n) is 10.0. The SMILES string of the molecule is NNc1cc(C(F)(F)F)cc(Nc2cccc(I)c2)n1. The third-order valence-electron chi connectivity index (χ3n) is 2.40. The summed E-state index contributed by atoms with van der Waals surface area (Å²) in [7, 11) is 0. The minimum atomic E-state index is -4.46. The van der Waals surface area contributed by atoms with E-state index in [2.05, 4.69) is 38.3 Å².